The van der Waals surface area contributed by atoms with Gasteiger partial charge in [-0.2, -0.15) is 5.10 Å². The average Bonchev–Trinajstić information content (AvgIpc) is 2.36. The molecule has 0 radical (unpaired) electrons. The highest BCUT2D eigenvalue weighted by atomic mass is 35.5. The molecule has 0 aliphatic carbocycles. The zero-order valence-corrected chi connectivity index (χ0v) is 12.4. The Labute approximate surface area is 121 Å². The maximum Gasteiger partial charge on any atom is 0.210 e. The highest BCUT2D eigenvalue weighted by molar-refractivity contribution is 8.13. The fraction of sp³-hybridized carbons (Fsp3) is 0.250. The monoisotopic (exact) mass is 300 g/mol. The first-order valence-corrected chi connectivity index (χ1v) is 6.94. The van der Waals surface area contributed by atoms with E-state index in [1.54, 1.807) is 17.3 Å². The van der Waals surface area contributed by atoms with Crippen LogP contribution in [0.5, 0.6) is 0 Å². The number of nitrogens with zero attached hydrogens (tertiary/aromatic N) is 4. The number of aliphatic imine (C=N–C) groups is 1. The van der Waals surface area contributed by atoms with Crippen molar-refractivity contribution in [2.75, 3.05) is 20.4 Å². The van der Waals surface area contributed by atoms with Crippen molar-refractivity contribution in [2.45, 2.75) is 0 Å². The summed E-state index contributed by atoms with van der Waals surface area (Å²) in [4.78, 5) is 5.87. The Morgan fingerprint density at radius 1 is 1.42 bits per heavy atom. The van der Waals surface area contributed by atoms with Crippen molar-refractivity contribution in [2.24, 2.45) is 15.2 Å². The third-order valence-electron chi connectivity index (χ3n) is 1.91. The zero-order valence-electron chi connectivity index (χ0n) is 10.8. The van der Waals surface area contributed by atoms with E-state index >= 15 is 0 Å². The molecule has 0 aromatic heterocycles. The van der Waals surface area contributed by atoms with Gasteiger partial charge < -0.3 is 4.90 Å². The number of halogens is 2. The van der Waals surface area contributed by atoms with Crippen LogP contribution >= 0.6 is 23.4 Å². The van der Waals surface area contributed by atoms with Crippen LogP contribution < -0.4 is 0 Å². The highest BCUT2D eigenvalue weighted by Gasteiger charge is 2.03. The van der Waals surface area contributed by atoms with Crippen LogP contribution in [-0.4, -0.2) is 43.0 Å². The molecule has 1 aromatic rings. The molecule has 19 heavy (non-hydrogen) atoms. The molecule has 1 aromatic carbocycles. The normalized spacial score (nSPS) is 12.6. The summed E-state index contributed by atoms with van der Waals surface area (Å²) in [7, 11) is 3.70. The van der Waals surface area contributed by atoms with Crippen molar-refractivity contribution in [3.8, 4) is 0 Å². The second-order valence-corrected chi connectivity index (χ2v) is 4.86. The largest absolute Gasteiger partial charge is 0.369 e. The van der Waals surface area contributed by atoms with Crippen LogP contribution in [-0.2, 0) is 0 Å². The van der Waals surface area contributed by atoms with Gasteiger partial charge in [-0.1, -0.05) is 29.4 Å². The fourth-order valence-corrected chi connectivity index (χ4v) is 1.55. The van der Waals surface area contributed by atoms with Crippen molar-refractivity contribution >= 4 is 41.1 Å². The second kappa shape index (κ2) is 7.91. The van der Waals surface area contributed by atoms with E-state index in [1.807, 2.05) is 20.4 Å². The van der Waals surface area contributed by atoms with Crippen LogP contribution in [0.4, 0.5) is 4.39 Å². The van der Waals surface area contributed by atoms with E-state index in [4.69, 9.17) is 11.6 Å². The minimum absolute atomic E-state index is 0.213. The quantitative estimate of drug-likeness (QED) is 0.489. The lowest BCUT2D eigenvalue weighted by Gasteiger charge is -2.01. The number of amidine groups is 1. The second-order valence-electron chi connectivity index (χ2n) is 3.67. The van der Waals surface area contributed by atoms with E-state index in [-0.39, 0.29) is 5.56 Å². The number of hydrogen-bond acceptors (Lipinski definition) is 3. The number of benzene rings is 1. The SMILES string of the molecule is CS/C(N=CN(C)C)=N\N=C\c1c(F)cccc1Cl. The molecule has 4 nitrogen and oxygen atoms in total. The van der Waals surface area contributed by atoms with E-state index in [1.165, 1.54) is 30.1 Å². The molecule has 0 amide bonds. The standard InChI is InChI=1S/C12H14ClFN4S/c1-18(2)8-15-12(19-3)17-16-7-9-10(13)5-4-6-11(9)14/h4-8H,1-3H3/b15-8?,16-7+,17-12-. The maximum absolute atomic E-state index is 13.4. The summed E-state index contributed by atoms with van der Waals surface area (Å²) in [5, 5.41) is 8.45. The Kier molecular flexibility index (Phi) is 6.52. The molecule has 0 aliphatic heterocycles. The molecular formula is C12H14ClFN4S. The number of thioether (sulfide) groups is 1. The van der Waals surface area contributed by atoms with E-state index < -0.39 is 5.82 Å². The summed E-state index contributed by atoms with van der Waals surface area (Å²) in [6.45, 7) is 0. The van der Waals surface area contributed by atoms with Crippen molar-refractivity contribution < 1.29 is 4.39 Å². The molecule has 7 heteroatoms. The number of rotatable bonds is 3. The van der Waals surface area contributed by atoms with Gasteiger partial charge in [0.25, 0.3) is 0 Å². The Morgan fingerprint density at radius 3 is 2.74 bits per heavy atom. The zero-order chi connectivity index (χ0) is 14.3. The Bertz CT molecular complexity index is 494. The molecular weight excluding hydrogens is 287 g/mol. The molecule has 102 valence electrons. The lowest BCUT2D eigenvalue weighted by molar-refractivity contribution is 0.626. The fourth-order valence-electron chi connectivity index (χ4n) is 1.05. The molecule has 0 saturated carbocycles. The molecule has 0 saturated heterocycles. The molecule has 0 heterocycles. The van der Waals surface area contributed by atoms with E-state index in [0.717, 1.165) is 0 Å². The summed E-state index contributed by atoms with van der Waals surface area (Å²) < 4.78 is 13.4. The smallest absolute Gasteiger partial charge is 0.210 e. The predicted octanol–water partition coefficient (Wildman–Crippen LogP) is 3.12. The van der Waals surface area contributed by atoms with Gasteiger partial charge in [-0.15, -0.1) is 5.10 Å². The van der Waals surface area contributed by atoms with E-state index in [2.05, 4.69) is 15.2 Å². The summed E-state index contributed by atoms with van der Waals surface area (Å²) >= 11 is 7.20. The molecule has 0 fully saturated rings. The molecule has 0 aliphatic rings. The molecule has 0 atom stereocenters. The maximum atomic E-state index is 13.4. The van der Waals surface area contributed by atoms with Crippen molar-refractivity contribution in [3.63, 3.8) is 0 Å². The minimum Gasteiger partial charge on any atom is -0.369 e. The third kappa shape index (κ3) is 5.40. The summed E-state index contributed by atoms with van der Waals surface area (Å²) in [5.74, 6) is -0.436. The Morgan fingerprint density at radius 2 is 2.16 bits per heavy atom. The topological polar surface area (TPSA) is 40.3 Å². The van der Waals surface area contributed by atoms with Crippen LogP contribution in [0.2, 0.25) is 5.02 Å². The van der Waals surface area contributed by atoms with Gasteiger partial charge in [-0.05, 0) is 18.4 Å². The summed E-state index contributed by atoms with van der Waals surface area (Å²) in [6.07, 6.45) is 4.72. The first-order valence-electron chi connectivity index (χ1n) is 5.34. The van der Waals surface area contributed by atoms with Gasteiger partial charge in [-0.25, -0.2) is 9.38 Å². The summed E-state index contributed by atoms with van der Waals surface area (Å²) in [5.41, 5.74) is 0.213. The van der Waals surface area contributed by atoms with E-state index in [0.29, 0.717) is 10.2 Å². The van der Waals surface area contributed by atoms with E-state index in [9.17, 15) is 4.39 Å². The molecule has 0 unspecified atom stereocenters. The summed E-state index contributed by atoms with van der Waals surface area (Å²) in [6, 6.07) is 4.44. The van der Waals surface area contributed by atoms with Gasteiger partial charge in [0.15, 0.2) is 0 Å². The van der Waals surface area contributed by atoms with Crippen molar-refractivity contribution in [1.82, 2.24) is 4.90 Å². The lowest BCUT2D eigenvalue weighted by atomic mass is 10.2. The Hall–Kier alpha value is -1.40. The van der Waals surface area contributed by atoms with Gasteiger partial charge in [0.1, 0.15) is 5.82 Å². The first-order chi connectivity index (χ1) is 9.04. The van der Waals surface area contributed by atoms with Crippen LogP contribution in [0.15, 0.2) is 33.4 Å². The van der Waals surface area contributed by atoms with Crippen molar-refractivity contribution in [3.05, 3.63) is 34.6 Å². The molecule has 0 spiro atoms. The third-order valence-corrected chi connectivity index (χ3v) is 2.79. The van der Waals surface area contributed by atoms with Gasteiger partial charge in [-0.3, -0.25) is 0 Å². The average molecular weight is 301 g/mol. The van der Waals surface area contributed by atoms with Crippen LogP contribution in [0.25, 0.3) is 0 Å². The molecule has 0 bridgehead atoms. The Balaban J connectivity index is 2.86. The first kappa shape index (κ1) is 15.7. The highest BCUT2D eigenvalue weighted by Crippen LogP contribution is 2.16. The van der Waals surface area contributed by atoms with Crippen LogP contribution in [0.3, 0.4) is 0 Å². The van der Waals surface area contributed by atoms with Crippen molar-refractivity contribution in [1.29, 1.82) is 0 Å². The minimum atomic E-state index is -0.436. The predicted molar refractivity (Wildman–Crippen MR) is 82.1 cm³/mol. The molecule has 0 N–H and O–H groups in total. The number of hydrogen-bond donors (Lipinski definition) is 0. The van der Waals surface area contributed by atoms with Gasteiger partial charge in [0.2, 0.25) is 5.17 Å². The lowest BCUT2D eigenvalue weighted by Crippen LogP contribution is -2.08. The van der Waals surface area contributed by atoms with Gasteiger partial charge in [0.05, 0.1) is 17.6 Å². The van der Waals surface area contributed by atoms with Crippen LogP contribution in [0.1, 0.15) is 5.56 Å². The van der Waals surface area contributed by atoms with Gasteiger partial charge in [0, 0.05) is 19.7 Å². The molecule has 1 rings (SSSR count). The van der Waals surface area contributed by atoms with Crippen LogP contribution in [0, 0.1) is 5.82 Å². The van der Waals surface area contributed by atoms with Gasteiger partial charge >= 0.3 is 0 Å².